The van der Waals surface area contributed by atoms with Gasteiger partial charge in [-0.15, -0.1) is 0 Å². The lowest BCUT2D eigenvalue weighted by molar-refractivity contribution is -0.192. The van der Waals surface area contributed by atoms with Gasteiger partial charge in [0, 0.05) is 16.7 Å². The minimum Gasteiger partial charge on any atom is -0.421 e. The molecule has 13 heavy (non-hydrogen) atoms. The molecule has 1 aromatic rings. The molecular weight excluding hydrogens is 241 g/mol. The Kier molecular flexibility index (Phi) is 1.91. The number of alkyl halides is 1. The van der Waals surface area contributed by atoms with Crippen LogP contribution in [0, 0.1) is 0 Å². The van der Waals surface area contributed by atoms with Crippen LogP contribution in [0.5, 0.6) is 11.6 Å². The number of pyridine rings is 1. The summed E-state index contributed by atoms with van der Waals surface area (Å²) in [5, 5.41) is 0. The van der Waals surface area contributed by atoms with Crippen molar-refractivity contribution in [2.24, 2.45) is 0 Å². The van der Waals surface area contributed by atoms with Crippen LogP contribution in [0.15, 0.2) is 16.7 Å². The molecule has 70 valence electrons. The SMILES string of the molecule is CCC1(F)Oc2cc(Br)cnc2O1. The largest absolute Gasteiger partial charge is 0.421 e. The quantitative estimate of drug-likeness (QED) is 0.765. The van der Waals surface area contributed by atoms with E-state index >= 15 is 0 Å². The van der Waals surface area contributed by atoms with Crippen molar-refractivity contribution in [1.29, 1.82) is 0 Å². The van der Waals surface area contributed by atoms with E-state index in [4.69, 9.17) is 9.47 Å². The van der Waals surface area contributed by atoms with Gasteiger partial charge in [-0.05, 0) is 15.9 Å². The summed E-state index contributed by atoms with van der Waals surface area (Å²) in [6.07, 6.45) is 1.66. The van der Waals surface area contributed by atoms with Crippen molar-refractivity contribution in [3.8, 4) is 11.6 Å². The molecule has 0 saturated carbocycles. The zero-order valence-electron chi connectivity index (χ0n) is 6.88. The van der Waals surface area contributed by atoms with E-state index in [1.807, 2.05) is 0 Å². The fourth-order valence-corrected chi connectivity index (χ4v) is 1.34. The molecule has 0 bridgehead atoms. The number of fused-ring (bicyclic) bond motifs is 1. The highest BCUT2D eigenvalue weighted by atomic mass is 79.9. The first-order valence-corrected chi connectivity index (χ1v) is 4.65. The summed E-state index contributed by atoms with van der Waals surface area (Å²) < 4.78 is 24.0. The van der Waals surface area contributed by atoms with Crippen LogP contribution in [0.2, 0.25) is 0 Å². The van der Waals surface area contributed by atoms with Crippen LogP contribution in [0.3, 0.4) is 0 Å². The summed E-state index contributed by atoms with van der Waals surface area (Å²) in [6, 6.07) is -0.421. The Balaban J connectivity index is 2.35. The van der Waals surface area contributed by atoms with Gasteiger partial charge in [0.05, 0.1) is 6.42 Å². The first kappa shape index (κ1) is 8.74. The van der Waals surface area contributed by atoms with Crippen LogP contribution in [0.1, 0.15) is 13.3 Å². The molecule has 1 aliphatic heterocycles. The van der Waals surface area contributed by atoms with E-state index in [-0.39, 0.29) is 12.3 Å². The second kappa shape index (κ2) is 2.83. The molecule has 0 saturated heterocycles. The van der Waals surface area contributed by atoms with Crippen LogP contribution >= 0.6 is 15.9 Å². The first-order chi connectivity index (χ1) is 6.13. The molecule has 1 atom stereocenters. The van der Waals surface area contributed by atoms with Gasteiger partial charge in [-0.1, -0.05) is 6.92 Å². The summed E-state index contributed by atoms with van der Waals surface area (Å²) >= 11 is 3.20. The third-order valence-electron chi connectivity index (χ3n) is 1.72. The topological polar surface area (TPSA) is 31.4 Å². The molecule has 1 aliphatic rings. The number of nitrogens with zero attached hydrogens (tertiary/aromatic N) is 1. The zero-order chi connectivity index (χ0) is 9.47. The van der Waals surface area contributed by atoms with Crippen molar-refractivity contribution in [1.82, 2.24) is 4.98 Å². The maximum atomic E-state index is 13.5. The number of rotatable bonds is 1. The number of ether oxygens (including phenoxy) is 2. The van der Waals surface area contributed by atoms with Gasteiger partial charge in [0.1, 0.15) is 0 Å². The Hall–Kier alpha value is -0.840. The fourth-order valence-electron chi connectivity index (χ4n) is 1.03. The molecule has 0 radical (unpaired) electrons. The van der Waals surface area contributed by atoms with Gasteiger partial charge in [0.25, 0.3) is 5.88 Å². The van der Waals surface area contributed by atoms with Crippen molar-refractivity contribution in [2.75, 3.05) is 0 Å². The highest BCUT2D eigenvalue weighted by Gasteiger charge is 2.41. The second-order valence-corrected chi connectivity index (χ2v) is 3.59. The number of hydrogen-bond donors (Lipinski definition) is 0. The Morgan fingerprint density at radius 2 is 2.38 bits per heavy atom. The molecule has 1 unspecified atom stereocenters. The maximum Gasteiger partial charge on any atom is 0.408 e. The van der Waals surface area contributed by atoms with Crippen molar-refractivity contribution in [3.63, 3.8) is 0 Å². The van der Waals surface area contributed by atoms with E-state index in [9.17, 15) is 4.39 Å². The summed E-state index contributed by atoms with van der Waals surface area (Å²) in [7, 11) is 0. The summed E-state index contributed by atoms with van der Waals surface area (Å²) in [4.78, 5) is 3.87. The second-order valence-electron chi connectivity index (χ2n) is 2.67. The van der Waals surface area contributed by atoms with E-state index in [1.165, 1.54) is 6.20 Å². The minimum atomic E-state index is -2.05. The number of aromatic nitrogens is 1. The van der Waals surface area contributed by atoms with E-state index in [2.05, 4.69) is 20.9 Å². The van der Waals surface area contributed by atoms with Gasteiger partial charge in [-0.25, -0.2) is 4.98 Å². The van der Waals surface area contributed by atoms with Crippen LogP contribution in [-0.4, -0.2) is 11.0 Å². The molecule has 0 spiro atoms. The molecule has 0 fully saturated rings. The highest BCUT2D eigenvalue weighted by molar-refractivity contribution is 9.10. The Morgan fingerprint density at radius 3 is 3.08 bits per heavy atom. The Labute approximate surface area is 83.0 Å². The third kappa shape index (κ3) is 1.48. The van der Waals surface area contributed by atoms with Gasteiger partial charge < -0.3 is 9.47 Å². The molecule has 3 nitrogen and oxygen atoms in total. The molecule has 0 amide bonds. The van der Waals surface area contributed by atoms with Gasteiger partial charge in [0.15, 0.2) is 5.75 Å². The Morgan fingerprint density at radius 1 is 1.62 bits per heavy atom. The predicted molar refractivity (Wildman–Crippen MR) is 47.3 cm³/mol. The highest BCUT2D eigenvalue weighted by Crippen LogP contribution is 2.40. The number of halogens is 2. The molecule has 2 heterocycles. The minimum absolute atomic E-state index is 0.126. The smallest absolute Gasteiger partial charge is 0.408 e. The van der Waals surface area contributed by atoms with Gasteiger partial charge in [-0.2, -0.15) is 4.39 Å². The molecule has 0 aliphatic carbocycles. The summed E-state index contributed by atoms with van der Waals surface area (Å²) in [5.41, 5.74) is 0. The van der Waals surface area contributed by atoms with Crippen molar-refractivity contribution in [2.45, 2.75) is 19.4 Å². The van der Waals surface area contributed by atoms with Crippen LogP contribution in [0.4, 0.5) is 4.39 Å². The average Bonchev–Trinajstić information content (AvgIpc) is 2.42. The van der Waals surface area contributed by atoms with Crippen molar-refractivity contribution >= 4 is 15.9 Å². The number of hydrogen-bond acceptors (Lipinski definition) is 3. The third-order valence-corrected chi connectivity index (χ3v) is 2.15. The molecular formula is C8H7BrFNO2. The normalized spacial score (nSPS) is 24.8. The molecule has 0 aromatic carbocycles. The van der Waals surface area contributed by atoms with Gasteiger partial charge in [0.2, 0.25) is 0 Å². The Bertz CT molecular complexity index is 347. The standard InChI is InChI=1S/C8H7BrFNO2/c1-2-8(10)12-6-3-5(9)4-11-7(6)13-8/h3-4H,2H2,1H3. The van der Waals surface area contributed by atoms with E-state index in [0.29, 0.717) is 5.75 Å². The molecule has 0 N–H and O–H groups in total. The summed E-state index contributed by atoms with van der Waals surface area (Å²) in [5.74, 6) is 0.534. The van der Waals surface area contributed by atoms with E-state index in [1.54, 1.807) is 13.0 Å². The average molecular weight is 248 g/mol. The zero-order valence-corrected chi connectivity index (χ0v) is 8.47. The van der Waals surface area contributed by atoms with E-state index < -0.39 is 6.04 Å². The van der Waals surface area contributed by atoms with Crippen molar-refractivity contribution in [3.05, 3.63) is 16.7 Å². The molecule has 2 rings (SSSR count). The fraction of sp³-hybridized carbons (Fsp3) is 0.375. The van der Waals surface area contributed by atoms with Crippen LogP contribution in [0.25, 0.3) is 0 Å². The maximum absolute atomic E-state index is 13.5. The lowest BCUT2D eigenvalue weighted by Crippen LogP contribution is -2.31. The molecule has 5 heteroatoms. The van der Waals surface area contributed by atoms with E-state index in [0.717, 1.165) is 4.47 Å². The van der Waals surface area contributed by atoms with Gasteiger partial charge >= 0.3 is 6.04 Å². The first-order valence-electron chi connectivity index (χ1n) is 3.85. The predicted octanol–water partition coefficient (Wildman–Crippen LogP) is 2.65. The van der Waals surface area contributed by atoms with Crippen molar-refractivity contribution < 1.29 is 13.9 Å². The lowest BCUT2D eigenvalue weighted by Gasteiger charge is -2.14. The van der Waals surface area contributed by atoms with Crippen LogP contribution in [-0.2, 0) is 0 Å². The lowest BCUT2D eigenvalue weighted by atomic mass is 10.4. The monoisotopic (exact) mass is 247 g/mol. The van der Waals surface area contributed by atoms with Gasteiger partial charge in [-0.3, -0.25) is 0 Å². The summed E-state index contributed by atoms with van der Waals surface area (Å²) in [6.45, 7) is 1.64. The molecule has 1 aromatic heterocycles. The van der Waals surface area contributed by atoms with Crippen LogP contribution < -0.4 is 9.47 Å².